The minimum atomic E-state index is -0.287. The van der Waals surface area contributed by atoms with Gasteiger partial charge in [0.2, 0.25) is 0 Å². The molecule has 0 atom stereocenters. The molecule has 1 aliphatic heterocycles. The smallest absolute Gasteiger partial charge is 0.254 e. The molecule has 1 amide bonds. The monoisotopic (exact) mass is 377 g/mol. The van der Waals surface area contributed by atoms with Crippen molar-refractivity contribution in [2.24, 2.45) is 0 Å². The third kappa shape index (κ3) is 3.62. The summed E-state index contributed by atoms with van der Waals surface area (Å²) in [5.41, 5.74) is 4.02. The van der Waals surface area contributed by atoms with Crippen molar-refractivity contribution in [1.29, 1.82) is 0 Å². The van der Waals surface area contributed by atoms with E-state index in [1.807, 2.05) is 36.1 Å². The van der Waals surface area contributed by atoms with E-state index in [1.165, 1.54) is 12.1 Å². The Kier molecular flexibility index (Phi) is 5.09. The second-order valence-electron chi connectivity index (χ2n) is 7.31. The Hall–Kier alpha value is -2.79. The van der Waals surface area contributed by atoms with Crippen LogP contribution in [0.25, 0.3) is 22.2 Å². The zero-order valence-corrected chi connectivity index (χ0v) is 16.3. The second-order valence-corrected chi connectivity index (χ2v) is 7.31. The van der Waals surface area contributed by atoms with Crippen molar-refractivity contribution in [3.05, 3.63) is 65.5 Å². The maximum atomic E-state index is 13.4. The van der Waals surface area contributed by atoms with E-state index in [0.29, 0.717) is 11.3 Å². The topological polar surface area (TPSA) is 36.4 Å². The second kappa shape index (κ2) is 7.68. The highest BCUT2D eigenvalue weighted by Gasteiger charge is 2.23. The predicted molar refractivity (Wildman–Crippen MR) is 110 cm³/mol. The largest absolute Gasteiger partial charge is 0.336 e. The van der Waals surface area contributed by atoms with Gasteiger partial charge in [0.15, 0.2) is 0 Å². The molecule has 0 saturated carbocycles. The first-order valence-electron chi connectivity index (χ1n) is 9.74. The summed E-state index contributed by atoms with van der Waals surface area (Å²) in [5, 5.41) is 0.869. The molecule has 0 radical (unpaired) electrons. The number of aryl methyl sites for hydroxylation is 1. The van der Waals surface area contributed by atoms with Crippen LogP contribution >= 0.6 is 0 Å². The number of carbonyl (C=O) groups is 1. The van der Waals surface area contributed by atoms with E-state index in [0.717, 1.165) is 54.8 Å². The summed E-state index contributed by atoms with van der Waals surface area (Å²) in [6.07, 6.45) is 0. The molecule has 1 saturated heterocycles. The minimum absolute atomic E-state index is 0.0390. The molecular formula is C23H24FN3O. The van der Waals surface area contributed by atoms with Crippen molar-refractivity contribution in [1.82, 2.24) is 14.8 Å². The van der Waals surface area contributed by atoms with E-state index in [4.69, 9.17) is 4.98 Å². The highest BCUT2D eigenvalue weighted by atomic mass is 19.1. The van der Waals surface area contributed by atoms with Crippen molar-refractivity contribution in [2.45, 2.75) is 13.8 Å². The molecule has 1 fully saturated rings. The number of pyridine rings is 1. The quantitative estimate of drug-likeness (QED) is 0.689. The van der Waals surface area contributed by atoms with Crippen LogP contribution in [0.1, 0.15) is 22.8 Å². The van der Waals surface area contributed by atoms with Crippen molar-refractivity contribution in [2.75, 3.05) is 32.7 Å². The summed E-state index contributed by atoms with van der Waals surface area (Å²) in [5.74, 6) is -0.248. The molecule has 2 heterocycles. The first-order chi connectivity index (χ1) is 13.5. The summed E-state index contributed by atoms with van der Waals surface area (Å²) >= 11 is 0. The van der Waals surface area contributed by atoms with Gasteiger partial charge in [-0.15, -0.1) is 0 Å². The Morgan fingerprint density at radius 3 is 2.43 bits per heavy atom. The molecule has 0 aliphatic carbocycles. The van der Waals surface area contributed by atoms with Crippen LogP contribution in [-0.4, -0.2) is 53.4 Å². The summed E-state index contributed by atoms with van der Waals surface area (Å²) in [6.45, 7) is 8.42. The molecule has 4 rings (SSSR count). The lowest BCUT2D eigenvalue weighted by Crippen LogP contribution is -2.48. The number of hydrogen-bond donors (Lipinski definition) is 0. The number of hydrogen-bond acceptors (Lipinski definition) is 3. The highest BCUT2D eigenvalue weighted by molar-refractivity contribution is 6.07. The number of carbonyl (C=O) groups excluding carboxylic acids is 1. The van der Waals surface area contributed by atoms with Crippen molar-refractivity contribution >= 4 is 16.8 Å². The summed E-state index contributed by atoms with van der Waals surface area (Å²) in [4.78, 5) is 22.4. The Bertz CT molecular complexity index is 1010. The fraction of sp³-hybridized carbons (Fsp3) is 0.304. The van der Waals surface area contributed by atoms with Crippen molar-refractivity contribution in [3.63, 3.8) is 0 Å². The van der Waals surface area contributed by atoms with Gasteiger partial charge in [0.25, 0.3) is 5.91 Å². The normalized spacial score (nSPS) is 15.2. The average Bonchev–Trinajstić information content (AvgIpc) is 2.73. The van der Waals surface area contributed by atoms with Gasteiger partial charge in [0, 0.05) is 37.1 Å². The number of aromatic nitrogens is 1. The summed E-state index contributed by atoms with van der Waals surface area (Å²) in [6, 6.07) is 14.1. The molecule has 3 aromatic rings. The fourth-order valence-corrected chi connectivity index (χ4v) is 3.72. The van der Waals surface area contributed by atoms with Crippen LogP contribution in [0.15, 0.2) is 48.5 Å². The zero-order valence-electron chi connectivity index (χ0n) is 16.3. The maximum Gasteiger partial charge on any atom is 0.254 e. The maximum absolute atomic E-state index is 13.4. The zero-order chi connectivity index (χ0) is 19.7. The molecule has 0 N–H and O–H groups in total. The fourth-order valence-electron chi connectivity index (χ4n) is 3.72. The van der Waals surface area contributed by atoms with Gasteiger partial charge in [0.05, 0.1) is 16.8 Å². The lowest BCUT2D eigenvalue weighted by Gasteiger charge is -2.34. The number of halogens is 1. The van der Waals surface area contributed by atoms with Crippen LogP contribution in [0.2, 0.25) is 0 Å². The van der Waals surface area contributed by atoms with Gasteiger partial charge >= 0.3 is 0 Å². The lowest BCUT2D eigenvalue weighted by molar-refractivity contribution is 0.0645. The average molecular weight is 377 g/mol. The molecule has 0 spiro atoms. The summed E-state index contributed by atoms with van der Waals surface area (Å²) < 4.78 is 13.3. The van der Waals surface area contributed by atoms with Crippen molar-refractivity contribution in [3.8, 4) is 11.3 Å². The Morgan fingerprint density at radius 1 is 1.04 bits per heavy atom. The van der Waals surface area contributed by atoms with E-state index >= 15 is 0 Å². The van der Waals surface area contributed by atoms with Crippen LogP contribution in [0.5, 0.6) is 0 Å². The molecule has 0 bridgehead atoms. The molecule has 0 unspecified atom stereocenters. The van der Waals surface area contributed by atoms with Crippen LogP contribution in [-0.2, 0) is 0 Å². The molecule has 28 heavy (non-hydrogen) atoms. The number of amides is 1. The van der Waals surface area contributed by atoms with E-state index in [9.17, 15) is 9.18 Å². The highest BCUT2D eigenvalue weighted by Crippen LogP contribution is 2.27. The first kappa shape index (κ1) is 18.6. The SMILES string of the molecule is CCN1CCN(C(=O)c2cc(-c3ccc(F)cc3)nc3ccc(C)cc23)CC1. The van der Waals surface area contributed by atoms with Crippen LogP contribution in [0.3, 0.4) is 0 Å². The lowest BCUT2D eigenvalue weighted by atomic mass is 10.0. The molecule has 4 nitrogen and oxygen atoms in total. The molecule has 1 aromatic heterocycles. The molecule has 2 aromatic carbocycles. The van der Waals surface area contributed by atoms with Crippen LogP contribution in [0, 0.1) is 12.7 Å². The molecule has 1 aliphatic rings. The minimum Gasteiger partial charge on any atom is -0.336 e. The Balaban J connectivity index is 1.78. The summed E-state index contributed by atoms with van der Waals surface area (Å²) in [7, 11) is 0. The molecular weight excluding hydrogens is 353 g/mol. The van der Waals surface area contributed by atoms with Gasteiger partial charge in [-0.25, -0.2) is 9.37 Å². The molecule has 5 heteroatoms. The predicted octanol–water partition coefficient (Wildman–Crippen LogP) is 4.13. The van der Waals surface area contributed by atoms with Gasteiger partial charge in [-0.1, -0.05) is 18.6 Å². The number of piperazine rings is 1. The standard InChI is InChI=1S/C23H24FN3O/c1-3-26-10-12-27(13-11-26)23(28)20-15-22(17-5-7-18(24)8-6-17)25-21-9-4-16(2)14-19(20)21/h4-9,14-15H,3,10-13H2,1-2H3. The van der Waals surface area contributed by atoms with E-state index in [-0.39, 0.29) is 11.7 Å². The van der Waals surface area contributed by atoms with E-state index in [2.05, 4.69) is 11.8 Å². The van der Waals surface area contributed by atoms with Gasteiger partial charge in [-0.2, -0.15) is 0 Å². The van der Waals surface area contributed by atoms with Gasteiger partial charge in [-0.05, 0) is 55.9 Å². The Morgan fingerprint density at radius 2 is 1.75 bits per heavy atom. The number of likely N-dealkylation sites (N-methyl/N-ethyl adjacent to an activating group) is 1. The third-order valence-electron chi connectivity index (χ3n) is 5.44. The number of benzene rings is 2. The van der Waals surface area contributed by atoms with Crippen LogP contribution < -0.4 is 0 Å². The van der Waals surface area contributed by atoms with Gasteiger partial charge in [0.1, 0.15) is 5.82 Å². The number of nitrogens with zero attached hydrogens (tertiary/aromatic N) is 3. The number of fused-ring (bicyclic) bond motifs is 1. The van der Waals surface area contributed by atoms with E-state index < -0.39 is 0 Å². The molecule has 144 valence electrons. The third-order valence-corrected chi connectivity index (χ3v) is 5.44. The van der Waals surface area contributed by atoms with Crippen LogP contribution in [0.4, 0.5) is 4.39 Å². The van der Waals surface area contributed by atoms with Gasteiger partial charge < -0.3 is 9.80 Å². The first-order valence-corrected chi connectivity index (χ1v) is 9.74. The van der Waals surface area contributed by atoms with E-state index in [1.54, 1.807) is 12.1 Å². The van der Waals surface area contributed by atoms with Gasteiger partial charge in [-0.3, -0.25) is 4.79 Å². The number of rotatable bonds is 3. The Labute approximate surface area is 164 Å². The van der Waals surface area contributed by atoms with Crippen molar-refractivity contribution < 1.29 is 9.18 Å².